The van der Waals surface area contributed by atoms with E-state index in [1.54, 1.807) is 45.0 Å². The molecule has 1 atom stereocenters. The summed E-state index contributed by atoms with van der Waals surface area (Å²) in [5.74, 6) is 0.0795. The summed E-state index contributed by atoms with van der Waals surface area (Å²) in [6.07, 6.45) is 1.92. The van der Waals surface area contributed by atoms with Crippen LogP contribution >= 0.6 is 0 Å². The Bertz CT molecular complexity index is 1170. The molecule has 36 heavy (non-hydrogen) atoms. The van der Waals surface area contributed by atoms with E-state index < -0.39 is 23.5 Å². The van der Waals surface area contributed by atoms with Crippen LogP contribution in [-0.4, -0.2) is 24.2 Å². The number of cyclic esters (lactones) is 1. The van der Waals surface area contributed by atoms with Crippen LogP contribution in [0.3, 0.4) is 0 Å². The van der Waals surface area contributed by atoms with Gasteiger partial charge in [0.25, 0.3) is 0 Å². The molecule has 1 heterocycles. The van der Waals surface area contributed by atoms with Gasteiger partial charge in [-0.25, -0.2) is 4.79 Å². The van der Waals surface area contributed by atoms with Gasteiger partial charge in [-0.2, -0.15) is 0 Å². The highest BCUT2D eigenvalue weighted by Crippen LogP contribution is 2.46. The minimum atomic E-state index is -0.832. The number of methoxy groups -OCH3 is 1. The fraction of sp³-hybridized carbons (Fsp3) is 0.448. The highest BCUT2D eigenvalue weighted by molar-refractivity contribution is 5.97. The van der Waals surface area contributed by atoms with E-state index in [-0.39, 0.29) is 35.3 Å². The first-order valence-electron chi connectivity index (χ1n) is 12.1. The molecule has 0 spiro atoms. The average molecular weight is 497 g/mol. The molecule has 0 unspecified atom stereocenters. The number of ether oxygens (including phenoxy) is 4. The maximum absolute atomic E-state index is 13.2. The standard InChI is InChI=1S/C29H36O7/c1-9-10-18-17(4)14-23(36-28(32)29(5,6)7)25-20(18)15-34-27(31)24-22(35-25)12-11-19(26(24)33-8)21(30)13-16(2)3/h9,11-12,14,16,21,30H,1,10,13,15H2,2-8H3/t21-/m0/s1. The van der Waals surface area contributed by atoms with Crippen LogP contribution in [0.4, 0.5) is 0 Å². The summed E-state index contributed by atoms with van der Waals surface area (Å²) in [5, 5.41) is 10.8. The molecule has 3 rings (SSSR count). The summed E-state index contributed by atoms with van der Waals surface area (Å²) in [6, 6.07) is 5.04. The fourth-order valence-corrected chi connectivity index (χ4v) is 4.13. The summed E-state index contributed by atoms with van der Waals surface area (Å²) < 4.78 is 23.4. The topological polar surface area (TPSA) is 91.3 Å². The van der Waals surface area contributed by atoms with Crippen molar-refractivity contribution < 1.29 is 33.6 Å². The Balaban J connectivity index is 2.22. The van der Waals surface area contributed by atoms with Gasteiger partial charge in [0.15, 0.2) is 11.5 Å². The zero-order chi connectivity index (χ0) is 26.8. The summed E-state index contributed by atoms with van der Waals surface area (Å²) in [4.78, 5) is 26.0. The van der Waals surface area contributed by atoms with Crippen molar-refractivity contribution in [1.29, 1.82) is 0 Å². The monoisotopic (exact) mass is 496 g/mol. The number of benzene rings is 2. The minimum absolute atomic E-state index is 0.0717. The van der Waals surface area contributed by atoms with Gasteiger partial charge in [0.1, 0.15) is 23.7 Å². The van der Waals surface area contributed by atoms with Crippen LogP contribution in [-0.2, 0) is 22.6 Å². The van der Waals surface area contributed by atoms with Crippen molar-refractivity contribution in [3.8, 4) is 23.0 Å². The highest BCUT2D eigenvalue weighted by Gasteiger charge is 2.33. The van der Waals surface area contributed by atoms with Gasteiger partial charge in [-0.3, -0.25) is 4.79 Å². The Kier molecular flexibility index (Phi) is 8.14. The molecule has 0 bridgehead atoms. The Morgan fingerprint density at radius 1 is 1.28 bits per heavy atom. The number of aryl methyl sites for hydroxylation is 1. The van der Waals surface area contributed by atoms with Crippen molar-refractivity contribution in [3.63, 3.8) is 0 Å². The number of hydrogen-bond donors (Lipinski definition) is 1. The van der Waals surface area contributed by atoms with Gasteiger partial charge < -0.3 is 24.1 Å². The van der Waals surface area contributed by atoms with Crippen molar-refractivity contribution in [2.24, 2.45) is 11.3 Å². The zero-order valence-electron chi connectivity index (χ0n) is 22.2. The Labute approximate surface area is 213 Å². The molecule has 0 aliphatic carbocycles. The Morgan fingerprint density at radius 2 is 1.97 bits per heavy atom. The summed E-state index contributed by atoms with van der Waals surface area (Å²) >= 11 is 0. The van der Waals surface area contributed by atoms with Gasteiger partial charge in [-0.05, 0) is 75.8 Å². The number of hydrogen-bond acceptors (Lipinski definition) is 7. The second kappa shape index (κ2) is 10.7. The zero-order valence-corrected chi connectivity index (χ0v) is 22.2. The lowest BCUT2D eigenvalue weighted by atomic mass is 9.95. The van der Waals surface area contributed by atoms with E-state index in [0.717, 1.165) is 11.1 Å². The number of esters is 2. The van der Waals surface area contributed by atoms with Crippen molar-refractivity contribution in [1.82, 2.24) is 0 Å². The minimum Gasteiger partial charge on any atom is -0.495 e. The van der Waals surface area contributed by atoms with Gasteiger partial charge in [-0.1, -0.05) is 19.9 Å². The Morgan fingerprint density at radius 3 is 2.56 bits per heavy atom. The average Bonchev–Trinajstić information content (AvgIpc) is 2.78. The molecule has 0 radical (unpaired) electrons. The van der Waals surface area contributed by atoms with E-state index in [1.165, 1.54) is 7.11 Å². The number of allylic oxidation sites excluding steroid dienone is 1. The number of aliphatic hydroxyl groups excluding tert-OH is 1. The van der Waals surface area contributed by atoms with Gasteiger partial charge in [0.2, 0.25) is 0 Å². The van der Waals surface area contributed by atoms with E-state index in [9.17, 15) is 14.7 Å². The second-order valence-electron chi connectivity index (χ2n) is 10.5. The molecule has 2 aromatic carbocycles. The first kappa shape index (κ1) is 27.3. The second-order valence-corrected chi connectivity index (χ2v) is 10.5. The lowest BCUT2D eigenvalue weighted by Gasteiger charge is -2.26. The van der Waals surface area contributed by atoms with E-state index in [0.29, 0.717) is 29.7 Å². The summed E-state index contributed by atoms with van der Waals surface area (Å²) in [7, 11) is 1.43. The van der Waals surface area contributed by atoms with Crippen molar-refractivity contribution in [2.45, 2.75) is 67.1 Å². The summed E-state index contributed by atoms with van der Waals surface area (Å²) in [6.45, 7) is 14.9. The smallest absolute Gasteiger partial charge is 0.346 e. The van der Waals surface area contributed by atoms with Crippen molar-refractivity contribution in [3.05, 3.63) is 58.7 Å². The molecule has 7 nitrogen and oxygen atoms in total. The third-order valence-electron chi connectivity index (χ3n) is 6.02. The molecule has 2 aromatic rings. The van der Waals surface area contributed by atoms with Crippen molar-refractivity contribution >= 4 is 11.9 Å². The van der Waals surface area contributed by atoms with Gasteiger partial charge >= 0.3 is 11.9 Å². The predicted molar refractivity (Wildman–Crippen MR) is 137 cm³/mol. The molecular formula is C29H36O7. The molecule has 1 aliphatic heterocycles. The van der Waals surface area contributed by atoms with Crippen LogP contribution in [0.2, 0.25) is 0 Å². The number of carbonyl (C=O) groups excluding carboxylic acids is 2. The van der Waals surface area contributed by atoms with Crippen LogP contribution in [0.15, 0.2) is 30.9 Å². The quantitative estimate of drug-likeness (QED) is 0.276. The van der Waals surface area contributed by atoms with Crippen LogP contribution in [0.25, 0.3) is 0 Å². The Hall–Kier alpha value is -3.32. The van der Waals surface area contributed by atoms with E-state index in [1.807, 2.05) is 20.8 Å². The van der Waals surface area contributed by atoms with E-state index in [4.69, 9.17) is 18.9 Å². The molecular weight excluding hydrogens is 460 g/mol. The fourth-order valence-electron chi connectivity index (χ4n) is 4.13. The lowest BCUT2D eigenvalue weighted by molar-refractivity contribution is -0.143. The third kappa shape index (κ3) is 5.57. The third-order valence-corrected chi connectivity index (χ3v) is 6.02. The normalized spacial score (nSPS) is 14.0. The van der Waals surface area contributed by atoms with Gasteiger partial charge in [0.05, 0.1) is 18.6 Å². The molecule has 1 aliphatic rings. The van der Waals surface area contributed by atoms with Gasteiger partial charge in [-0.15, -0.1) is 6.58 Å². The SMILES string of the molecule is C=CCc1c(C)cc(OC(=O)C(C)(C)C)c2c1COC(=O)c1c(ccc([C@@H](O)CC(C)C)c1OC)O2. The molecule has 0 amide bonds. The molecule has 7 heteroatoms. The van der Waals surface area contributed by atoms with Crippen LogP contribution < -0.4 is 14.2 Å². The van der Waals surface area contributed by atoms with Crippen LogP contribution in [0, 0.1) is 18.3 Å². The maximum Gasteiger partial charge on any atom is 0.346 e. The van der Waals surface area contributed by atoms with E-state index in [2.05, 4.69) is 6.58 Å². The molecule has 0 fully saturated rings. The number of carbonyl (C=O) groups is 2. The number of fused-ring (bicyclic) bond motifs is 2. The van der Waals surface area contributed by atoms with E-state index >= 15 is 0 Å². The molecule has 1 N–H and O–H groups in total. The lowest BCUT2D eigenvalue weighted by Crippen LogP contribution is -2.26. The largest absolute Gasteiger partial charge is 0.495 e. The molecule has 0 saturated heterocycles. The maximum atomic E-state index is 13.2. The predicted octanol–water partition coefficient (Wildman–Crippen LogP) is 6.23. The summed E-state index contributed by atoms with van der Waals surface area (Å²) in [5.41, 5.74) is 2.15. The van der Waals surface area contributed by atoms with Crippen LogP contribution in [0.1, 0.15) is 79.8 Å². The number of aliphatic hydroxyl groups is 1. The highest BCUT2D eigenvalue weighted by atomic mass is 16.6. The molecule has 0 saturated carbocycles. The number of rotatable bonds is 7. The van der Waals surface area contributed by atoms with Crippen LogP contribution in [0.5, 0.6) is 23.0 Å². The molecule has 0 aromatic heterocycles. The first-order valence-corrected chi connectivity index (χ1v) is 12.1. The van der Waals surface area contributed by atoms with Gasteiger partial charge in [0, 0.05) is 11.1 Å². The van der Waals surface area contributed by atoms with Crippen molar-refractivity contribution in [2.75, 3.05) is 7.11 Å². The molecule has 194 valence electrons. The first-order chi connectivity index (χ1) is 16.9.